The maximum Gasteiger partial charge on any atom is 0.0637 e. The summed E-state index contributed by atoms with van der Waals surface area (Å²) in [5.41, 5.74) is 3.93. The normalized spacial score (nSPS) is 12.6. The van der Waals surface area contributed by atoms with Crippen molar-refractivity contribution in [3.8, 4) is 0 Å². The molecule has 108 valence electrons. The molecule has 0 spiro atoms. The van der Waals surface area contributed by atoms with Gasteiger partial charge < -0.3 is 5.32 Å². The SMILES string of the molecule is CCc1ccc(C(CC)NCCc2ccn(C)n2)cc1. The van der Waals surface area contributed by atoms with Gasteiger partial charge in [0, 0.05) is 32.3 Å². The lowest BCUT2D eigenvalue weighted by atomic mass is 10.0. The summed E-state index contributed by atoms with van der Waals surface area (Å²) in [6.07, 6.45) is 5.18. The van der Waals surface area contributed by atoms with Crippen LogP contribution in [0.3, 0.4) is 0 Å². The average molecular weight is 271 g/mol. The molecule has 0 saturated carbocycles. The summed E-state index contributed by atoms with van der Waals surface area (Å²) >= 11 is 0. The van der Waals surface area contributed by atoms with Crippen LogP contribution in [0.4, 0.5) is 0 Å². The van der Waals surface area contributed by atoms with E-state index in [0.29, 0.717) is 6.04 Å². The lowest BCUT2D eigenvalue weighted by molar-refractivity contribution is 0.519. The Morgan fingerprint density at radius 2 is 1.90 bits per heavy atom. The average Bonchev–Trinajstić information content (AvgIpc) is 2.89. The lowest BCUT2D eigenvalue weighted by Crippen LogP contribution is -2.23. The lowest BCUT2D eigenvalue weighted by Gasteiger charge is -2.17. The summed E-state index contributed by atoms with van der Waals surface area (Å²) in [4.78, 5) is 0. The van der Waals surface area contributed by atoms with E-state index in [2.05, 4.69) is 54.6 Å². The van der Waals surface area contributed by atoms with Crippen molar-refractivity contribution in [3.63, 3.8) is 0 Å². The number of rotatable bonds is 7. The minimum atomic E-state index is 0.435. The van der Waals surface area contributed by atoms with Gasteiger partial charge in [-0.1, -0.05) is 38.1 Å². The maximum atomic E-state index is 4.41. The van der Waals surface area contributed by atoms with Crippen LogP contribution >= 0.6 is 0 Å². The second-order valence-corrected chi connectivity index (χ2v) is 5.24. The van der Waals surface area contributed by atoms with Crippen molar-refractivity contribution in [1.82, 2.24) is 15.1 Å². The van der Waals surface area contributed by atoms with Gasteiger partial charge in [-0.3, -0.25) is 4.68 Å². The first-order valence-electron chi connectivity index (χ1n) is 7.53. The van der Waals surface area contributed by atoms with Crippen molar-refractivity contribution in [2.45, 2.75) is 39.2 Å². The van der Waals surface area contributed by atoms with E-state index >= 15 is 0 Å². The van der Waals surface area contributed by atoms with Crippen LogP contribution < -0.4 is 5.32 Å². The molecule has 1 heterocycles. The Morgan fingerprint density at radius 1 is 1.15 bits per heavy atom. The van der Waals surface area contributed by atoms with E-state index in [1.807, 2.05) is 17.9 Å². The smallest absolute Gasteiger partial charge is 0.0637 e. The molecule has 2 aromatic rings. The third-order valence-electron chi connectivity index (χ3n) is 3.74. The van der Waals surface area contributed by atoms with E-state index < -0.39 is 0 Å². The zero-order valence-electron chi connectivity index (χ0n) is 12.8. The Morgan fingerprint density at radius 3 is 2.45 bits per heavy atom. The van der Waals surface area contributed by atoms with Crippen LogP contribution in [-0.2, 0) is 19.9 Å². The first-order valence-corrected chi connectivity index (χ1v) is 7.53. The minimum Gasteiger partial charge on any atom is -0.310 e. The number of nitrogens with zero attached hydrogens (tertiary/aromatic N) is 2. The van der Waals surface area contributed by atoms with Gasteiger partial charge in [0.05, 0.1) is 5.69 Å². The summed E-state index contributed by atoms with van der Waals surface area (Å²) in [5.74, 6) is 0. The molecule has 3 heteroatoms. The zero-order valence-corrected chi connectivity index (χ0v) is 12.8. The molecular weight excluding hydrogens is 246 g/mol. The third-order valence-corrected chi connectivity index (χ3v) is 3.74. The Balaban J connectivity index is 1.88. The molecular formula is C17H25N3. The van der Waals surface area contributed by atoms with Gasteiger partial charge in [-0.2, -0.15) is 5.10 Å². The highest BCUT2D eigenvalue weighted by Crippen LogP contribution is 2.17. The fraction of sp³-hybridized carbons (Fsp3) is 0.471. The van der Waals surface area contributed by atoms with Crippen LogP contribution in [0.25, 0.3) is 0 Å². The molecule has 0 saturated heterocycles. The molecule has 1 aromatic carbocycles. The van der Waals surface area contributed by atoms with Crippen molar-refractivity contribution < 1.29 is 0 Å². The van der Waals surface area contributed by atoms with Crippen molar-refractivity contribution in [3.05, 3.63) is 53.3 Å². The topological polar surface area (TPSA) is 29.9 Å². The molecule has 0 aliphatic heterocycles. The predicted molar refractivity (Wildman–Crippen MR) is 83.8 cm³/mol. The van der Waals surface area contributed by atoms with Crippen molar-refractivity contribution in [1.29, 1.82) is 0 Å². The highest BCUT2D eigenvalue weighted by Gasteiger charge is 2.08. The Bertz CT molecular complexity index is 513. The largest absolute Gasteiger partial charge is 0.310 e. The Kier molecular flexibility index (Phi) is 5.36. The standard InChI is InChI=1S/C17H25N3/c1-4-14-6-8-15(9-7-14)17(5-2)18-12-10-16-11-13-20(3)19-16/h6-9,11,13,17-18H,4-5,10,12H2,1-3H3. The highest BCUT2D eigenvalue weighted by molar-refractivity contribution is 5.25. The summed E-state index contributed by atoms with van der Waals surface area (Å²) < 4.78 is 1.86. The fourth-order valence-corrected chi connectivity index (χ4v) is 2.45. The molecule has 1 unspecified atom stereocenters. The second-order valence-electron chi connectivity index (χ2n) is 5.24. The van der Waals surface area contributed by atoms with Gasteiger partial charge in [0.1, 0.15) is 0 Å². The van der Waals surface area contributed by atoms with Gasteiger partial charge in [-0.05, 0) is 30.0 Å². The molecule has 0 bridgehead atoms. The van der Waals surface area contributed by atoms with Crippen molar-refractivity contribution in [2.24, 2.45) is 7.05 Å². The van der Waals surface area contributed by atoms with Gasteiger partial charge in [0.2, 0.25) is 0 Å². The monoisotopic (exact) mass is 271 g/mol. The summed E-state index contributed by atoms with van der Waals surface area (Å²) in [6.45, 7) is 5.38. The van der Waals surface area contributed by atoms with Crippen molar-refractivity contribution >= 4 is 0 Å². The summed E-state index contributed by atoms with van der Waals surface area (Å²) in [6, 6.07) is 11.5. The molecule has 0 aliphatic rings. The quantitative estimate of drug-likeness (QED) is 0.837. The van der Waals surface area contributed by atoms with Gasteiger partial charge in [-0.15, -0.1) is 0 Å². The number of nitrogens with one attached hydrogen (secondary N) is 1. The minimum absolute atomic E-state index is 0.435. The van der Waals surface area contributed by atoms with Crippen LogP contribution in [0.5, 0.6) is 0 Å². The van der Waals surface area contributed by atoms with E-state index in [-0.39, 0.29) is 0 Å². The van der Waals surface area contributed by atoms with E-state index in [1.54, 1.807) is 0 Å². The molecule has 0 radical (unpaired) electrons. The predicted octanol–water partition coefficient (Wildman–Crippen LogP) is 3.27. The Hall–Kier alpha value is -1.61. The van der Waals surface area contributed by atoms with Crippen LogP contribution in [0.1, 0.15) is 43.1 Å². The second kappa shape index (κ2) is 7.25. The van der Waals surface area contributed by atoms with E-state index in [1.165, 1.54) is 11.1 Å². The molecule has 1 atom stereocenters. The molecule has 1 aromatic heterocycles. The van der Waals surface area contributed by atoms with Gasteiger partial charge in [-0.25, -0.2) is 0 Å². The molecule has 0 aliphatic carbocycles. The van der Waals surface area contributed by atoms with E-state index in [0.717, 1.165) is 31.5 Å². The van der Waals surface area contributed by atoms with Crippen LogP contribution in [0.2, 0.25) is 0 Å². The van der Waals surface area contributed by atoms with E-state index in [9.17, 15) is 0 Å². The van der Waals surface area contributed by atoms with Gasteiger partial charge in [0.15, 0.2) is 0 Å². The van der Waals surface area contributed by atoms with Gasteiger partial charge >= 0.3 is 0 Å². The van der Waals surface area contributed by atoms with Crippen LogP contribution in [0, 0.1) is 0 Å². The number of aryl methyl sites for hydroxylation is 2. The number of hydrogen-bond donors (Lipinski definition) is 1. The molecule has 20 heavy (non-hydrogen) atoms. The van der Waals surface area contributed by atoms with E-state index in [4.69, 9.17) is 0 Å². The third kappa shape index (κ3) is 3.94. The molecule has 1 N–H and O–H groups in total. The highest BCUT2D eigenvalue weighted by atomic mass is 15.2. The maximum absolute atomic E-state index is 4.41. The first-order chi connectivity index (χ1) is 9.72. The number of hydrogen-bond acceptors (Lipinski definition) is 2. The van der Waals surface area contributed by atoms with Crippen LogP contribution in [0.15, 0.2) is 36.5 Å². The molecule has 0 fully saturated rings. The molecule has 0 amide bonds. The van der Waals surface area contributed by atoms with Gasteiger partial charge in [0.25, 0.3) is 0 Å². The summed E-state index contributed by atoms with van der Waals surface area (Å²) in [5, 5.41) is 8.04. The number of aromatic nitrogens is 2. The summed E-state index contributed by atoms with van der Waals surface area (Å²) in [7, 11) is 1.96. The first kappa shape index (κ1) is 14.8. The fourth-order valence-electron chi connectivity index (χ4n) is 2.45. The van der Waals surface area contributed by atoms with Crippen molar-refractivity contribution in [2.75, 3.05) is 6.54 Å². The number of benzene rings is 1. The zero-order chi connectivity index (χ0) is 14.4. The Labute approximate surface area is 122 Å². The van der Waals surface area contributed by atoms with Crippen LogP contribution in [-0.4, -0.2) is 16.3 Å². The molecule has 2 rings (SSSR count). The molecule has 3 nitrogen and oxygen atoms in total.